The first kappa shape index (κ1) is 25.0. The molecule has 0 saturated carbocycles. The molecule has 3 heteroatoms. The van der Waals surface area contributed by atoms with Crippen LogP contribution in [0.15, 0.2) is 24.3 Å². The lowest BCUT2D eigenvalue weighted by molar-refractivity contribution is -0.00000553. The highest BCUT2D eigenvalue weighted by Crippen LogP contribution is 2.13. The zero-order chi connectivity index (χ0) is 15.3. The molecule has 0 aliphatic heterocycles. The maximum Gasteiger partial charge on any atom is 0.119 e. The third-order valence-electron chi connectivity index (χ3n) is 3.79. The van der Waals surface area contributed by atoms with E-state index in [1.165, 1.54) is 63.5 Å². The number of nitrogens with zero attached hydrogens (tertiary/aromatic N) is 1. The van der Waals surface area contributed by atoms with Crippen LogP contribution >= 0.6 is 0 Å². The first-order valence-electron chi connectivity index (χ1n) is 8.52. The van der Waals surface area contributed by atoms with Crippen molar-refractivity contribution in [2.75, 3.05) is 27.2 Å². The molecule has 1 aromatic carbocycles. The average molecular weight is 434 g/mol. The lowest BCUT2D eigenvalue weighted by Crippen LogP contribution is -3.00. The summed E-state index contributed by atoms with van der Waals surface area (Å²) in [5.41, 5.74) is 1.29. The first-order chi connectivity index (χ1) is 10.2. The summed E-state index contributed by atoms with van der Waals surface area (Å²) in [5.74, 6) is 1.00. The van der Waals surface area contributed by atoms with Crippen LogP contribution < -0.4 is 28.7 Å². The van der Waals surface area contributed by atoms with Crippen LogP contribution in [0.3, 0.4) is 0 Å². The van der Waals surface area contributed by atoms with Crippen LogP contribution in [0.2, 0.25) is 0 Å². The summed E-state index contributed by atoms with van der Waals surface area (Å²) in [7, 11) is 4.30. The fourth-order valence-electron chi connectivity index (χ4n) is 2.42. The number of halogens is 1. The van der Waals surface area contributed by atoms with Gasteiger partial charge in [0.25, 0.3) is 0 Å². The van der Waals surface area contributed by atoms with Gasteiger partial charge in [-0.25, -0.2) is 0 Å². The highest BCUT2D eigenvalue weighted by Gasteiger charge is 1.95. The molecule has 0 fully saturated rings. The topological polar surface area (TPSA) is 12.5 Å². The first-order valence-corrected chi connectivity index (χ1v) is 8.52. The van der Waals surface area contributed by atoms with Gasteiger partial charge in [-0.05, 0) is 52.5 Å². The van der Waals surface area contributed by atoms with Crippen molar-refractivity contribution in [3.8, 4) is 5.75 Å². The molecule has 0 heterocycles. The quantitative estimate of drug-likeness (QED) is 0.371. The van der Waals surface area contributed by atoms with Gasteiger partial charge in [0.1, 0.15) is 5.75 Å². The number of hydrogen-bond donors (Lipinski definition) is 0. The van der Waals surface area contributed by atoms with Crippen LogP contribution in [-0.4, -0.2) is 32.1 Å². The molecule has 0 saturated heterocycles. The third-order valence-corrected chi connectivity index (χ3v) is 3.79. The number of rotatable bonds is 12. The van der Waals surface area contributed by atoms with Crippen LogP contribution in [0.5, 0.6) is 5.75 Å². The minimum absolute atomic E-state index is 0. The molecule has 2 nitrogen and oxygen atoms in total. The SMILES string of the molecule is C.Cc1ccc(OCCCCCCCCCCN(C)C)cc1.[I-]. The van der Waals surface area contributed by atoms with E-state index in [4.69, 9.17) is 4.74 Å². The van der Waals surface area contributed by atoms with E-state index < -0.39 is 0 Å². The maximum atomic E-state index is 5.74. The van der Waals surface area contributed by atoms with Crippen LogP contribution in [0.1, 0.15) is 64.4 Å². The zero-order valence-corrected chi connectivity index (χ0v) is 16.8. The molecule has 0 N–H and O–H groups in total. The van der Waals surface area contributed by atoms with Crippen LogP contribution in [0.25, 0.3) is 0 Å². The fourth-order valence-corrected chi connectivity index (χ4v) is 2.42. The second-order valence-electron chi connectivity index (χ2n) is 6.29. The van der Waals surface area contributed by atoms with E-state index in [2.05, 4.69) is 50.2 Å². The smallest absolute Gasteiger partial charge is 0.119 e. The van der Waals surface area contributed by atoms with Crippen molar-refractivity contribution in [1.29, 1.82) is 0 Å². The van der Waals surface area contributed by atoms with E-state index in [0.29, 0.717) is 0 Å². The van der Waals surface area contributed by atoms with E-state index in [1.807, 2.05) is 0 Å². The molecule has 0 atom stereocenters. The Balaban J connectivity index is 0. The minimum Gasteiger partial charge on any atom is -1.00 e. The lowest BCUT2D eigenvalue weighted by atomic mass is 10.1. The second kappa shape index (κ2) is 16.6. The summed E-state index contributed by atoms with van der Waals surface area (Å²) in [5, 5.41) is 0. The van der Waals surface area contributed by atoms with E-state index in [0.717, 1.165) is 12.4 Å². The molecule has 0 unspecified atom stereocenters. The number of unbranched alkanes of at least 4 members (excludes halogenated alkanes) is 7. The fraction of sp³-hybridized carbons (Fsp3) is 0.700. The number of benzene rings is 1. The monoisotopic (exact) mass is 434 g/mol. The maximum absolute atomic E-state index is 5.74. The van der Waals surface area contributed by atoms with Gasteiger partial charge in [-0.3, -0.25) is 0 Å². The van der Waals surface area contributed by atoms with Gasteiger partial charge in [0.2, 0.25) is 0 Å². The minimum atomic E-state index is 0. The second-order valence-corrected chi connectivity index (χ2v) is 6.29. The standard InChI is InChI=1S/C19H33NO.CH4.HI/c1-18-12-14-19(15-13-18)21-17-11-9-7-5-4-6-8-10-16-20(2)3;;/h12-15H,4-11,16-17H2,1-3H3;1H4;1H/p-1. The zero-order valence-electron chi connectivity index (χ0n) is 14.6. The van der Waals surface area contributed by atoms with Crippen molar-refractivity contribution in [3.63, 3.8) is 0 Å². The summed E-state index contributed by atoms with van der Waals surface area (Å²) in [6.45, 7) is 4.19. The van der Waals surface area contributed by atoms with Crippen LogP contribution in [-0.2, 0) is 0 Å². The molecule has 0 amide bonds. The summed E-state index contributed by atoms with van der Waals surface area (Å²) in [6, 6.07) is 8.32. The Morgan fingerprint density at radius 2 is 1.26 bits per heavy atom. The van der Waals surface area contributed by atoms with Crippen molar-refractivity contribution < 1.29 is 28.7 Å². The summed E-state index contributed by atoms with van der Waals surface area (Å²) in [4.78, 5) is 2.27. The molecule has 0 bridgehead atoms. The Labute approximate surface area is 162 Å². The third kappa shape index (κ3) is 15.0. The molecule has 1 rings (SSSR count). The Bertz CT molecular complexity index is 351. The van der Waals surface area contributed by atoms with Crippen LogP contribution in [0, 0.1) is 6.92 Å². The van der Waals surface area contributed by atoms with Crippen molar-refractivity contribution in [1.82, 2.24) is 4.90 Å². The van der Waals surface area contributed by atoms with Crippen molar-refractivity contribution in [2.45, 2.75) is 65.7 Å². The molecule has 0 aliphatic carbocycles. The normalized spacial score (nSPS) is 10.1. The molecular formula is C20H37INO-. The van der Waals surface area contributed by atoms with Gasteiger partial charge in [-0.2, -0.15) is 0 Å². The molecule has 23 heavy (non-hydrogen) atoms. The van der Waals surface area contributed by atoms with E-state index in [-0.39, 0.29) is 31.4 Å². The van der Waals surface area contributed by atoms with Gasteiger partial charge in [0.15, 0.2) is 0 Å². The van der Waals surface area contributed by atoms with E-state index in [1.54, 1.807) is 0 Å². The summed E-state index contributed by atoms with van der Waals surface area (Å²) < 4.78 is 5.74. The van der Waals surface area contributed by atoms with Gasteiger partial charge in [0.05, 0.1) is 6.61 Å². The Hall–Kier alpha value is -0.290. The summed E-state index contributed by atoms with van der Waals surface area (Å²) in [6.07, 6.45) is 10.7. The highest BCUT2D eigenvalue weighted by molar-refractivity contribution is 5.26. The van der Waals surface area contributed by atoms with Gasteiger partial charge in [0, 0.05) is 0 Å². The predicted octanol–water partition coefficient (Wildman–Crippen LogP) is 2.70. The molecular weight excluding hydrogens is 397 g/mol. The van der Waals surface area contributed by atoms with Crippen LogP contribution in [0.4, 0.5) is 0 Å². The molecule has 136 valence electrons. The molecule has 0 aliphatic rings. The Morgan fingerprint density at radius 3 is 1.78 bits per heavy atom. The van der Waals surface area contributed by atoms with Crippen molar-refractivity contribution in [3.05, 3.63) is 29.8 Å². The predicted molar refractivity (Wildman–Crippen MR) is 98.9 cm³/mol. The summed E-state index contributed by atoms with van der Waals surface area (Å²) >= 11 is 0. The van der Waals surface area contributed by atoms with E-state index >= 15 is 0 Å². The Kier molecular flexibility index (Phi) is 18.0. The molecule has 0 radical (unpaired) electrons. The highest BCUT2D eigenvalue weighted by atomic mass is 127. The van der Waals surface area contributed by atoms with Gasteiger partial charge < -0.3 is 33.6 Å². The van der Waals surface area contributed by atoms with Crippen molar-refractivity contribution >= 4 is 0 Å². The average Bonchev–Trinajstić information content (AvgIpc) is 2.46. The van der Waals surface area contributed by atoms with Crippen molar-refractivity contribution in [2.24, 2.45) is 0 Å². The lowest BCUT2D eigenvalue weighted by Gasteiger charge is -2.08. The number of hydrogen-bond acceptors (Lipinski definition) is 2. The molecule has 0 spiro atoms. The van der Waals surface area contributed by atoms with Gasteiger partial charge in [-0.15, -0.1) is 0 Å². The van der Waals surface area contributed by atoms with Gasteiger partial charge in [-0.1, -0.05) is 63.6 Å². The van der Waals surface area contributed by atoms with E-state index in [9.17, 15) is 0 Å². The number of aryl methyl sites for hydroxylation is 1. The molecule has 0 aromatic heterocycles. The number of ether oxygens (including phenoxy) is 1. The van der Waals surface area contributed by atoms with Gasteiger partial charge >= 0.3 is 0 Å². The largest absolute Gasteiger partial charge is 1.00 e. The molecule has 1 aromatic rings. The Morgan fingerprint density at radius 1 is 0.783 bits per heavy atom.